The molecule has 0 spiro atoms. The quantitative estimate of drug-likeness (QED) is 0.315. The number of piperidine rings is 1. The maximum Gasteiger partial charge on any atom is 0.320 e. The van der Waals surface area contributed by atoms with Crippen molar-refractivity contribution in [1.29, 1.82) is 0 Å². The van der Waals surface area contributed by atoms with Gasteiger partial charge in [0.2, 0.25) is 0 Å². The Bertz CT molecular complexity index is 280. The number of carbonyl (C=O) groups is 1. The fourth-order valence-corrected chi connectivity index (χ4v) is 1.89. The maximum atomic E-state index is 12.0. The Hall–Kier alpha value is -1.46. The average molecular weight is 228 g/mol. The highest BCUT2D eigenvalue weighted by atomic mass is 16.4. The van der Waals surface area contributed by atoms with Gasteiger partial charge >= 0.3 is 6.03 Å². The van der Waals surface area contributed by atoms with E-state index in [2.05, 4.69) is 5.16 Å². The molecule has 3 N–H and O–H groups in total. The smallest absolute Gasteiger partial charge is 0.320 e. The third-order valence-electron chi connectivity index (χ3n) is 3.01. The first-order chi connectivity index (χ1) is 7.61. The second kappa shape index (κ2) is 5.58. The molecule has 1 unspecified atom stereocenters. The van der Waals surface area contributed by atoms with E-state index in [-0.39, 0.29) is 17.9 Å². The van der Waals surface area contributed by atoms with E-state index in [4.69, 9.17) is 10.9 Å². The molecule has 0 saturated carbocycles. The van der Waals surface area contributed by atoms with Gasteiger partial charge in [0.1, 0.15) is 0 Å². The Morgan fingerprint density at radius 2 is 2.31 bits per heavy atom. The van der Waals surface area contributed by atoms with Gasteiger partial charge in [-0.05, 0) is 26.2 Å². The highest BCUT2D eigenvalue weighted by Crippen LogP contribution is 2.18. The third kappa shape index (κ3) is 2.56. The highest BCUT2D eigenvalue weighted by Gasteiger charge is 2.31. The lowest BCUT2D eigenvalue weighted by atomic mass is 10.0. The number of nitrogens with zero attached hydrogens (tertiary/aromatic N) is 3. The van der Waals surface area contributed by atoms with Crippen molar-refractivity contribution in [2.75, 3.05) is 20.1 Å². The van der Waals surface area contributed by atoms with E-state index in [0.29, 0.717) is 13.1 Å². The molecular weight excluding hydrogens is 208 g/mol. The molecule has 1 atom stereocenters. The Labute approximate surface area is 95.7 Å². The summed E-state index contributed by atoms with van der Waals surface area (Å²) in [7, 11) is 1.75. The summed E-state index contributed by atoms with van der Waals surface area (Å²) in [5.41, 5.74) is 5.61. The standard InChI is InChI=1S/C10H20N4O2/c1-3-13(2)10(15)14-7-5-4-6-8(14)9(11)12-16/h8,16H,3-7H2,1-2H3,(H2,11,12). The van der Waals surface area contributed by atoms with Crippen molar-refractivity contribution >= 4 is 11.9 Å². The molecule has 1 saturated heterocycles. The number of oxime groups is 1. The van der Waals surface area contributed by atoms with Gasteiger partial charge in [0.15, 0.2) is 5.84 Å². The first-order valence-electron chi connectivity index (χ1n) is 5.61. The van der Waals surface area contributed by atoms with Crippen LogP contribution in [0.1, 0.15) is 26.2 Å². The van der Waals surface area contributed by atoms with Crippen molar-refractivity contribution < 1.29 is 10.0 Å². The molecule has 92 valence electrons. The summed E-state index contributed by atoms with van der Waals surface area (Å²) < 4.78 is 0. The number of nitrogens with two attached hydrogens (primary N) is 1. The number of hydrogen-bond acceptors (Lipinski definition) is 3. The van der Waals surface area contributed by atoms with Crippen molar-refractivity contribution in [3.8, 4) is 0 Å². The zero-order chi connectivity index (χ0) is 12.1. The van der Waals surface area contributed by atoms with Crippen LogP contribution in [0.4, 0.5) is 4.79 Å². The van der Waals surface area contributed by atoms with Gasteiger partial charge < -0.3 is 20.7 Å². The minimum atomic E-state index is -0.264. The fraction of sp³-hybridized carbons (Fsp3) is 0.800. The molecule has 0 aromatic carbocycles. The van der Waals surface area contributed by atoms with Gasteiger partial charge in [-0.15, -0.1) is 0 Å². The van der Waals surface area contributed by atoms with Crippen LogP contribution in [0.2, 0.25) is 0 Å². The predicted octanol–water partition coefficient (Wildman–Crippen LogP) is 0.659. The Balaban J connectivity index is 2.78. The molecule has 0 aliphatic carbocycles. The first-order valence-corrected chi connectivity index (χ1v) is 5.61. The van der Waals surface area contributed by atoms with E-state index < -0.39 is 0 Å². The molecule has 1 aliphatic rings. The lowest BCUT2D eigenvalue weighted by Gasteiger charge is -2.37. The van der Waals surface area contributed by atoms with E-state index in [1.807, 2.05) is 6.92 Å². The highest BCUT2D eigenvalue weighted by molar-refractivity contribution is 5.89. The van der Waals surface area contributed by atoms with Gasteiger partial charge in [-0.3, -0.25) is 0 Å². The molecule has 2 amide bonds. The summed E-state index contributed by atoms with van der Waals surface area (Å²) in [6, 6.07) is -0.320. The van der Waals surface area contributed by atoms with Crippen LogP contribution in [0, 0.1) is 0 Å². The Kier molecular flexibility index (Phi) is 4.39. The molecule has 0 aromatic heterocycles. The number of hydrogen-bond donors (Lipinski definition) is 2. The maximum absolute atomic E-state index is 12.0. The predicted molar refractivity (Wildman–Crippen MR) is 61.5 cm³/mol. The second-order valence-electron chi connectivity index (χ2n) is 4.03. The monoisotopic (exact) mass is 228 g/mol. The molecule has 16 heavy (non-hydrogen) atoms. The molecule has 1 fully saturated rings. The van der Waals surface area contributed by atoms with E-state index in [9.17, 15) is 4.79 Å². The average Bonchev–Trinajstić information content (AvgIpc) is 2.35. The van der Waals surface area contributed by atoms with Crippen LogP contribution >= 0.6 is 0 Å². The number of amidine groups is 1. The van der Waals surface area contributed by atoms with Crippen LogP contribution in [-0.4, -0.2) is 53.1 Å². The number of rotatable bonds is 2. The van der Waals surface area contributed by atoms with Gasteiger partial charge in [-0.2, -0.15) is 0 Å². The summed E-state index contributed by atoms with van der Waals surface area (Å²) in [5.74, 6) is 0.123. The van der Waals surface area contributed by atoms with Gasteiger partial charge in [0.25, 0.3) is 0 Å². The van der Waals surface area contributed by atoms with Crippen LogP contribution in [-0.2, 0) is 0 Å². The molecule has 1 aliphatic heterocycles. The van der Waals surface area contributed by atoms with Crippen LogP contribution in [0.15, 0.2) is 5.16 Å². The number of urea groups is 1. The largest absolute Gasteiger partial charge is 0.409 e. The molecule has 1 rings (SSSR count). The van der Waals surface area contributed by atoms with Crippen LogP contribution in [0.3, 0.4) is 0 Å². The van der Waals surface area contributed by atoms with Gasteiger partial charge in [0.05, 0.1) is 6.04 Å². The van der Waals surface area contributed by atoms with E-state index in [1.165, 1.54) is 0 Å². The fourth-order valence-electron chi connectivity index (χ4n) is 1.89. The molecular formula is C10H20N4O2. The van der Waals surface area contributed by atoms with Gasteiger partial charge in [-0.25, -0.2) is 4.79 Å². The summed E-state index contributed by atoms with van der Waals surface area (Å²) in [4.78, 5) is 15.3. The molecule has 6 nitrogen and oxygen atoms in total. The van der Waals surface area contributed by atoms with Gasteiger partial charge in [-0.1, -0.05) is 5.16 Å². The van der Waals surface area contributed by atoms with Crippen molar-refractivity contribution in [1.82, 2.24) is 9.80 Å². The summed E-state index contributed by atoms with van der Waals surface area (Å²) in [5, 5.41) is 11.7. The topological polar surface area (TPSA) is 82.2 Å². The molecule has 0 radical (unpaired) electrons. The Morgan fingerprint density at radius 1 is 1.62 bits per heavy atom. The third-order valence-corrected chi connectivity index (χ3v) is 3.01. The molecule has 6 heteroatoms. The zero-order valence-electron chi connectivity index (χ0n) is 9.89. The summed E-state index contributed by atoms with van der Waals surface area (Å²) >= 11 is 0. The SMILES string of the molecule is CCN(C)C(=O)N1CCCCC1C(N)=NO. The Morgan fingerprint density at radius 3 is 2.88 bits per heavy atom. The molecule has 0 aromatic rings. The van der Waals surface area contributed by atoms with Crippen LogP contribution < -0.4 is 5.73 Å². The minimum Gasteiger partial charge on any atom is -0.409 e. The van der Waals surface area contributed by atoms with Crippen molar-refractivity contribution in [2.45, 2.75) is 32.2 Å². The van der Waals surface area contributed by atoms with E-state index >= 15 is 0 Å². The van der Waals surface area contributed by atoms with Crippen molar-refractivity contribution in [3.05, 3.63) is 0 Å². The molecule has 1 heterocycles. The first kappa shape index (κ1) is 12.6. The van der Waals surface area contributed by atoms with Crippen LogP contribution in [0.25, 0.3) is 0 Å². The normalized spacial score (nSPS) is 22.0. The number of carbonyl (C=O) groups excluding carboxylic acids is 1. The molecule has 0 bridgehead atoms. The van der Waals surface area contributed by atoms with Gasteiger partial charge in [0, 0.05) is 20.1 Å². The number of likely N-dealkylation sites (tertiary alicyclic amines) is 1. The lowest BCUT2D eigenvalue weighted by Crippen LogP contribution is -2.54. The van der Waals surface area contributed by atoms with Crippen LogP contribution in [0.5, 0.6) is 0 Å². The van der Waals surface area contributed by atoms with E-state index in [0.717, 1.165) is 19.3 Å². The van der Waals surface area contributed by atoms with Crippen molar-refractivity contribution in [3.63, 3.8) is 0 Å². The number of amides is 2. The second-order valence-corrected chi connectivity index (χ2v) is 4.03. The van der Waals surface area contributed by atoms with E-state index in [1.54, 1.807) is 16.8 Å². The minimum absolute atomic E-state index is 0.0567. The lowest BCUT2D eigenvalue weighted by molar-refractivity contribution is 0.141. The summed E-state index contributed by atoms with van der Waals surface area (Å²) in [6.45, 7) is 3.24. The summed E-state index contributed by atoms with van der Waals surface area (Å²) in [6.07, 6.45) is 2.73. The zero-order valence-corrected chi connectivity index (χ0v) is 9.89. The van der Waals surface area contributed by atoms with Crippen molar-refractivity contribution in [2.24, 2.45) is 10.9 Å².